The standard InChI is InChI=1S/C17H25N3/c1-2-8-19-12-17-7-4-9-20(14-17)13-16-6-3-5-15(10-16)11-18/h3,5-6,10,17,19H,2,4,7-9,12-14H2,1H3. The summed E-state index contributed by atoms with van der Waals surface area (Å²) < 4.78 is 0. The Kier molecular flexibility index (Phi) is 6.04. The van der Waals surface area contributed by atoms with Crippen molar-refractivity contribution in [3.05, 3.63) is 35.4 Å². The fraction of sp³-hybridized carbons (Fsp3) is 0.588. The van der Waals surface area contributed by atoms with E-state index in [1.54, 1.807) is 0 Å². The van der Waals surface area contributed by atoms with E-state index in [0.29, 0.717) is 0 Å². The van der Waals surface area contributed by atoms with Crippen LogP contribution in [0, 0.1) is 17.2 Å². The minimum absolute atomic E-state index is 0.765. The number of nitrogens with one attached hydrogen (secondary N) is 1. The van der Waals surface area contributed by atoms with Crippen molar-refractivity contribution in [1.29, 1.82) is 5.26 Å². The number of piperidine rings is 1. The van der Waals surface area contributed by atoms with E-state index >= 15 is 0 Å². The molecule has 0 amide bonds. The van der Waals surface area contributed by atoms with E-state index in [0.717, 1.165) is 31.1 Å². The normalized spacial score (nSPS) is 19.7. The quantitative estimate of drug-likeness (QED) is 0.809. The number of benzene rings is 1. The number of hydrogen-bond donors (Lipinski definition) is 1. The third-order valence-electron chi connectivity index (χ3n) is 3.93. The van der Waals surface area contributed by atoms with E-state index in [9.17, 15) is 0 Å². The Labute approximate surface area is 122 Å². The lowest BCUT2D eigenvalue weighted by Crippen LogP contribution is -2.39. The highest BCUT2D eigenvalue weighted by molar-refractivity contribution is 5.32. The summed E-state index contributed by atoms with van der Waals surface area (Å²) >= 11 is 0. The van der Waals surface area contributed by atoms with Crippen LogP contribution in [0.5, 0.6) is 0 Å². The van der Waals surface area contributed by atoms with Crippen LogP contribution in [-0.2, 0) is 6.54 Å². The summed E-state index contributed by atoms with van der Waals surface area (Å²) in [6.07, 6.45) is 3.83. The molecule has 0 spiro atoms. The molecule has 1 fully saturated rings. The van der Waals surface area contributed by atoms with Gasteiger partial charge >= 0.3 is 0 Å². The average Bonchev–Trinajstić information content (AvgIpc) is 2.48. The maximum atomic E-state index is 8.96. The van der Waals surface area contributed by atoms with Crippen LogP contribution in [0.3, 0.4) is 0 Å². The van der Waals surface area contributed by atoms with Crippen molar-refractivity contribution in [2.75, 3.05) is 26.2 Å². The Morgan fingerprint density at radius 1 is 1.45 bits per heavy atom. The molecule has 1 N–H and O–H groups in total. The van der Waals surface area contributed by atoms with Crippen molar-refractivity contribution in [1.82, 2.24) is 10.2 Å². The van der Waals surface area contributed by atoms with Crippen molar-refractivity contribution in [2.45, 2.75) is 32.7 Å². The predicted molar refractivity (Wildman–Crippen MR) is 82.3 cm³/mol. The SMILES string of the molecule is CCCNCC1CCCN(Cc2cccc(C#N)c2)C1. The molecule has 0 aromatic heterocycles. The lowest BCUT2D eigenvalue weighted by atomic mass is 9.97. The fourth-order valence-electron chi connectivity index (χ4n) is 2.94. The van der Waals surface area contributed by atoms with Crippen LogP contribution in [0.2, 0.25) is 0 Å². The Balaban J connectivity index is 1.84. The van der Waals surface area contributed by atoms with E-state index in [1.807, 2.05) is 18.2 Å². The monoisotopic (exact) mass is 271 g/mol. The first-order chi connectivity index (χ1) is 9.81. The summed E-state index contributed by atoms with van der Waals surface area (Å²) in [6, 6.07) is 10.2. The van der Waals surface area contributed by atoms with Gasteiger partial charge in [-0.2, -0.15) is 5.26 Å². The van der Waals surface area contributed by atoms with E-state index in [2.05, 4.69) is 29.3 Å². The number of likely N-dealkylation sites (tertiary alicyclic amines) is 1. The second-order valence-electron chi connectivity index (χ2n) is 5.76. The van der Waals surface area contributed by atoms with Crippen molar-refractivity contribution >= 4 is 0 Å². The van der Waals surface area contributed by atoms with Gasteiger partial charge < -0.3 is 5.32 Å². The van der Waals surface area contributed by atoms with E-state index in [-0.39, 0.29) is 0 Å². The van der Waals surface area contributed by atoms with E-state index in [4.69, 9.17) is 5.26 Å². The molecule has 3 heteroatoms. The van der Waals surface area contributed by atoms with Gasteiger partial charge in [-0.05, 0) is 62.5 Å². The Hall–Kier alpha value is -1.37. The Morgan fingerprint density at radius 3 is 3.15 bits per heavy atom. The molecule has 108 valence electrons. The molecule has 1 unspecified atom stereocenters. The second-order valence-corrected chi connectivity index (χ2v) is 5.76. The summed E-state index contributed by atoms with van der Waals surface area (Å²) in [5, 5.41) is 12.5. The second kappa shape index (κ2) is 8.04. The summed E-state index contributed by atoms with van der Waals surface area (Å²) in [5.74, 6) is 0.773. The number of rotatable bonds is 6. The molecule has 0 radical (unpaired) electrons. The van der Waals surface area contributed by atoms with Gasteiger partial charge in [0.1, 0.15) is 0 Å². The van der Waals surface area contributed by atoms with Gasteiger partial charge in [-0.15, -0.1) is 0 Å². The Morgan fingerprint density at radius 2 is 2.35 bits per heavy atom. The molecule has 1 saturated heterocycles. The van der Waals surface area contributed by atoms with Crippen LogP contribution in [0.4, 0.5) is 0 Å². The zero-order valence-corrected chi connectivity index (χ0v) is 12.4. The van der Waals surface area contributed by atoms with Gasteiger partial charge in [0.25, 0.3) is 0 Å². The minimum atomic E-state index is 0.765. The molecule has 1 atom stereocenters. The molecule has 1 aromatic rings. The first-order valence-electron chi connectivity index (χ1n) is 7.74. The third kappa shape index (κ3) is 4.63. The lowest BCUT2D eigenvalue weighted by Gasteiger charge is -2.33. The summed E-state index contributed by atoms with van der Waals surface area (Å²) in [5.41, 5.74) is 2.02. The first kappa shape index (κ1) is 15.0. The summed E-state index contributed by atoms with van der Waals surface area (Å²) in [7, 11) is 0. The van der Waals surface area contributed by atoms with Gasteiger partial charge in [-0.1, -0.05) is 19.1 Å². The Bertz CT molecular complexity index is 450. The molecule has 1 heterocycles. The molecule has 0 saturated carbocycles. The highest BCUT2D eigenvalue weighted by Crippen LogP contribution is 2.18. The molecule has 0 bridgehead atoms. The van der Waals surface area contributed by atoms with E-state index in [1.165, 1.54) is 37.9 Å². The highest BCUT2D eigenvalue weighted by atomic mass is 15.1. The molecule has 20 heavy (non-hydrogen) atoms. The highest BCUT2D eigenvalue weighted by Gasteiger charge is 2.19. The fourth-order valence-corrected chi connectivity index (χ4v) is 2.94. The van der Waals surface area contributed by atoms with Gasteiger partial charge in [0, 0.05) is 13.1 Å². The average molecular weight is 271 g/mol. The lowest BCUT2D eigenvalue weighted by molar-refractivity contribution is 0.165. The molecule has 1 aliphatic heterocycles. The number of nitriles is 1. The van der Waals surface area contributed by atoms with Gasteiger partial charge in [-0.25, -0.2) is 0 Å². The molecule has 1 aromatic carbocycles. The van der Waals surface area contributed by atoms with Crippen LogP contribution < -0.4 is 5.32 Å². The van der Waals surface area contributed by atoms with Crippen LogP contribution in [0.1, 0.15) is 37.3 Å². The van der Waals surface area contributed by atoms with Crippen molar-refractivity contribution in [3.63, 3.8) is 0 Å². The molecule has 0 aliphatic carbocycles. The van der Waals surface area contributed by atoms with Crippen molar-refractivity contribution < 1.29 is 0 Å². The molecule has 2 rings (SSSR count). The van der Waals surface area contributed by atoms with Gasteiger partial charge in [0.2, 0.25) is 0 Å². The third-order valence-corrected chi connectivity index (χ3v) is 3.93. The maximum Gasteiger partial charge on any atom is 0.0991 e. The zero-order chi connectivity index (χ0) is 14.2. The first-order valence-corrected chi connectivity index (χ1v) is 7.74. The van der Waals surface area contributed by atoms with E-state index < -0.39 is 0 Å². The number of hydrogen-bond acceptors (Lipinski definition) is 3. The van der Waals surface area contributed by atoms with Gasteiger partial charge in [-0.3, -0.25) is 4.90 Å². The molecular formula is C17H25N3. The van der Waals surface area contributed by atoms with Crippen molar-refractivity contribution in [3.8, 4) is 6.07 Å². The van der Waals surface area contributed by atoms with Crippen LogP contribution in [0.25, 0.3) is 0 Å². The summed E-state index contributed by atoms with van der Waals surface area (Å²) in [6.45, 7) is 7.81. The topological polar surface area (TPSA) is 39.1 Å². The summed E-state index contributed by atoms with van der Waals surface area (Å²) in [4.78, 5) is 2.53. The zero-order valence-electron chi connectivity index (χ0n) is 12.4. The largest absolute Gasteiger partial charge is 0.316 e. The minimum Gasteiger partial charge on any atom is -0.316 e. The smallest absolute Gasteiger partial charge is 0.0991 e. The van der Waals surface area contributed by atoms with Gasteiger partial charge in [0.15, 0.2) is 0 Å². The van der Waals surface area contributed by atoms with Crippen LogP contribution in [-0.4, -0.2) is 31.1 Å². The maximum absolute atomic E-state index is 8.96. The molecule has 1 aliphatic rings. The number of nitrogens with zero attached hydrogens (tertiary/aromatic N) is 2. The van der Waals surface area contributed by atoms with Gasteiger partial charge in [0.05, 0.1) is 11.6 Å². The van der Waals surface area contributed by atoms with Crippen LogP contribution >= 0.6 is 0 Å². The van der Waals surface area contributed by atoms with Crippen LogP contribution in [0.15, 0.2) is 24.3 Å². The predicted octanol–water partition coefficient (Wildman–Crippen LogP) is 2.77. The van der Waals surface area contributed by atoms with Crippen molar-refractivity contribution in [2.24, 2.45) is 5.92 Å². The molecular weight excluding hydrogens is 246 g/mol. The molecule has 3 nitrogen and oxygen atoms in total.